The molecule has 7 heteroatoms. The van der Waals surface area contributed by atoms with Gasteiger partial charge in [-0.05, 0) is 43.4 Å². The molecule has 3 aromatic rings. The quantitative estimate of drug-likeness (QED) is 0.629. The zero-order valence-electron chi connectivity index (χ0n) is 20.1. The predicted octanol–water partition coefficient (Wildman–Crippen LogP) is 3.62. The number of ether oxygens (including phenoxy) is 1. The van der Waals surface area contributed by atoms with Crippen molar-refractivity contribution in [1.29, 1.82) is 0 Å². The number of carbonyl (C=O) groups excluding carboxylic acids is 1. The minimum absolute atomic E-state index is 0.0367. The van der Waals surface area contributed by atoms with E-state index in [4.69, 9.17) is 4.74 Å². The molecule has 0 spiro atoms. The molecular weight excluding hydrogens is 426 g/mol. The zero-order chi connectivity index (χ0) is 23.5. The second-order valence-corrected chi connectivity index (χ2v) is 9.39. The molecule has 2 aromatic carbocycles. The summed E-state index contributed by atoms with van der Waals surface area (Å²) in [6, 6.07) is 14.7. The average molecular weight is 460 g/mol. The summed E-state index contributed by atoms with van der Waals surface area (Å²) in [5.74, 6) is 2.04. The zero-order valence-corrected chi connectivity index (χ0v) is 20.1. The van der Waals surface area contributed by atoms with E-state index < -0.39 is 0 Å². The first-order valence-electron chi connectivity index (χ1n) is 12.3. The van der Waals surface area contributed by atoms with Gasteiger partial charge < -0.3 is 19.9 Å². The molecule has 1 amide bonds. The van der Waals surface area contributed by atoms with Crippen molar-refractivity contribution in [2.24, 2.45) is 5.92 Å². The van der Waals surface area contributed by atoms with E-state index in [1.54, 1.807) is 0 Å². The number of nitrogens with one attached hydrogen (secondary N) is 1. The maximum Gasteiger partial charge on any atom is 0.223 e. The fourth-order valence-corrected chi connectivity index (χ4v) is 4.92. The first kappa shape index (κ1) is 22.6. The van der Waals surface area contributed by atoms with Crippen LogP contribution in [-0.4, -0.2) is 55.5 Å². The fraction of sp³-hybridized carbons (Fsp3) is 0.444. The summed E-state index contributed by atoms with van der Waals surface area (Å²) in [6.45, 7) is 9.51. The summed E-state index contributed by atoms with van der Waals surface area (Å²) in [5.41, 5.74) is 3.68. The first-order chi connectivity index (χ1) is 16.6. The molecule has 2 aliphatic rings. The average Bonchev–Trinajstić information content (AvgIpc) is 2.89. The van der Waals surface area contributed by atoms with E-state index in [0.29, 0.717) is 6.54 Å². The Morgan fingerprint density at radius 3 is 2.15 bits per heavy atom. The lowest BCUT2D eigenvalue weighted by molar-refractivity contribution is -0.125. The molecule has 7 nitrogen and oxygen atoms in total. The maximum absolute atomic E-state index is 12.8. The lowest BCUT2D eigenvalue weighted by Crippen LogP contribution is -2.41. The number of benzene rings is 2. The number of morpholine rings is 1. The van der Waals surface area contributed by atoms with Crippen LogP contribution in [0.5, 0.6) is 0 Å². The third-order valence-electron chi connectivity index (χ3n) is 7.16. The molecule has 0 unspecified atom stereocenters. The van der Waals surface area contributed by atoms with Crippen molar-refractivity contribution in [2.45, 2.75) is 33.2 Å². The molecule has 0 saturated carbocycles. The molecule has 2 aliphatic heterocycles. The monoisotopic (exact) mass is 459 g/mol. The van der Waals surface area contributed by atoms with Gasteiger partial charge in [0.15, 0.2) is 11.6 Å². The van der Waals surface area contributed by atoms with E-state index in [0.717, 1.165) is 80.2 Å². The highest BCUT2D eigenvalue weighted by Crippen LogP contribution is 2.32. The highest BCUT2D eigenvalue weighted by molar-refractivity contribution is 5.99. The van der Waals surface area contributed by atoms with Crippen LogP contribution >= 0.6 is 0 Å². The van der Waals surface area contributed by atoms with Crippen molar-refractivity contribution in [2.75, 3.05) is 49.2 Å². The van der Waals surface area contributed by atoms with Gasteiger partial charge in [0.25, 0.3) is 0 Å². The molecule has 178 valence electrons. The Hall–Kier alpha value is -3.19. The molecule has 0 radical (unpaired) electrons. The normalized spacial score (nSPS) is 17.2. The lowest BCUT2D eigenvalue weighted by Gasteiger charge is -2.33. The van der Waals surface area contributed by atoms with E-state index in [1.165, 1.54) is 11.1 Å². The van der Waals surface area contributed by atoms with E-state index in [2.05, 4.69) is 81.6 Å². The van der Waals surface area contributed by atoms with Gasteiger partial charge in [0.1, 0.15) is 0 Å². The van der Waals surface area contributed by atoms with Crippen molar-refractivity contribution in [3.05, 3.63) is 59.2 Å². The molecule has 2 fully saturated rings. The van der Waals surface area contributed by atoms with Crippen molar-refractivity contribution >= 4 is 28.3 Å². The van der Waals surface area contributed by atoms with Crippen LogP contribution in [0, 0.1) is 19.8 Å². The van der Waals surface area contributed by atoms with E-state index in [1.807, 2.05) is 0 Å². The van der Waals surface area contributed by atoms with Crippen molar-refractivity contribution in [1.82, 2.24) is 15.5 Å². The van der Waals surface area contributed by atoms with E-state index >= 15 is 0 Å². The summed E-state index contributed by atoms with van der Waals surface area (Å²) in [6.07, 6.45) is 1.64. The number of aromatic nitrogens is 2. The SMILES string of the molecule is Cc1ccc(CNC(=O)C2CCN(c3nnc(N4CCOCC4)c4ccccc34)CC2)cc1C. The third kappa shape index (κ3) is 4.71. The topological polar surface area (TPSA) is 70.6 Å². The minimum atomic E-state index is 0.0367. The molecule has 0 aliphatic carbocycles. The molecule has 2 saturated heterocycles. The number of anilines is 2. The second kappa shape index (κ2) is 9.97. The number of rotatable bonds is 5. The smallest absolute Gasteiger partial charge is 0.223 e. The number of nitrogens with zero attached hydrogens (tertiary/aromatic N) is 4. The van der Waals surface area contributed by atoms with Crippen molar-refractivity contribution in [3.8, 4) is 0 Å². The van der Waals surface area contributed by atoms with Gasteiger partial charge in [0.05, 0.1) is 13.2 Å². The first-order valence-corrected chi connectivity index (χ1v) is 12.3. The number of piperidine rings is 1. The fourth-order valence-electron chi connectivity index (χ4n) is 4.92. The van der Waals surface area contributed by atoms with Gasteiger partial charge in [-0.15, -0.1) is 10.2 Å². The number of aryl methyl sites for hydroxylation is 2. The van der Waals surface area contributed by atoms with Gasteiger partial charge >= 0.3 is 0 Å². The van der Waals surface area contributed by atoms with Crippen LogP contribution in [0.1, 0.15) is 29.5 Å². The van der Waals surface area contributed by atoms with Crippen LogP contribution in [0.2, 0.25) is 0 Å². The molecule has 34 heavy (non-hydrogen) atoms. The second-order valence-electron chi connectivity index (χ2n) is 9.39. The van der Waals surface area contributed by atoms with Gasteiger partial charge in [0.2, 0.25) is 5.91 Å². The van der Waals surface area contributed by atoms with Gasteiger partial charge in [-0.1, -0.05) is 42.5 Å². The third-order valence-corrected chi connectivity index (χ3v) is 7.16. The Bertz CT molecular complexity index is 1170. The highest BCUT2D eigenvalue weighted by atomic mass is 16.5. The van der Waals surface area contributed by atoms with Crippen LogP contribution in [0.15, 0.2) is 42.5 Å². The number of amides is 1. The number of fused-ring (bicyclic) bond motifs is 1. The predicted molar refractivity (Wildman–Crippen MR) is 135 cm³/mol. The lowest BCUT2D eigenvalue weighted by atomic mass is 9.95. The Morgan fingerprint density at radius 1 is 0.912 bits per heavy atom. The van der Waals surface area contributed by atoms with Gasteiger partial charge in [0, 0.05) is 49.4 Å². The Balaban J connectivity index is 1.24. The summed E-state index contributed by atoms with van der Waals surface area (Å²) < 4.78 is 5.50. The van der Waals surface area contributed by atoms with Crippen LogP contribution < -0.4 is 15.1 Å². The Kier molecular flexibility index (Phi) is 6.63. The molecule has 5 rings (SSSR count). The summed E-state index contributed by atoms with van der Waals surface area (Å²) in [7, 11) is 0. The van der Waals surface area contributed by atoms with Crippen LogP contribution in [0.25, 0.3) is 10.8 Å². The van der Waals surface area contributed by atoms with Crippen molar-refractivity contribution < 1.29 is 9.53 Å². The standard InChI is InChI=1S/C27H33N5O2/c1-19-7-8-21(17-20(19)2)18-28-27(33)22-9-11-31(12-10-22)25-23-5-3-4-6-24(23)26(30-29-25)32-13-15-34-16-14-32/h3-8,17,22H,9-16,18H2,1-2H3,(H,28,33). The summed E-state index contributed by atoms with van der Waals surface area (Å²) in [5, 5.41) is 14.7. The largest absolute Gasteiger partial charge is 0.378 e. The highest BCUT2D eigenvalue weighted by Gasteiger charge is 2.27. The molecular formula is C27H33N5O2. The molecule has 0 bridgehead atoms. The molecule has 1 aromatic heterocycles. The maximum atomic E-state index is 12.8. The number of hydrogen-bond donors (Lipinski definition) is 1. The number of carbonyl (C=O) groups is 1. The minimum Gasteiger partial charge on any atom is -0.378 e. The molecule has 0 atom stereocenters. The van der Waals surface area contributed by atoms with Crippen LogP contribution in [0.4, 0.5) is 11.6 Å². The van der Waals surface area contributed by atoms with Crippen LogP contribution in [-0.2, 0) is 16.1 Å². The number of hydrogen-bond acceptors (Lipinski definition) is 6. The van der Waals surface area contributed by atoms with Gasteiger partial charge in [-0.2, -0.15) is 0 Å². The summed E-state index contributed by atoms with van der Waals surface area (Å²) >= 11 is 0. The van der Waals surface area contributed by atoms with E-state index in [-0.39, 0.29) is 11.8 Å². The van der Waals surface area contributed by atoms with Crippen LogP contribution in [0.3, 0.4) is 0 Å². The molecule has 1 N–H and O–H groups in total. The van der Waals surface area contributed by atoms with Gasteiger partial charge in [-0.3, -0.25) is 4.79 Å². The Morgan fingerprint density at radius 2 is 1.53 bits per heavy atom. The van der Waals surface area contributed by atoms with Gasteiger partial charge in [-0.25, -0.2) is 0 Å². The van der Waals surface area contributed by atoms with E-state index in [9.17, 15) is 4.79 Å². The van der Waals surface area contributed by atoms with Crippen molar-refractivity contribution in [3.63, 3.8) is 0 Å². The molecule has 3 heterocycles. The summed E-state index contributed by atoms with van der Waals surface area (Å²) in [4.78, 5) is 17.4. The Labute approximate surface area is 201 Å².